The van der Waals surface area contributed by atoms with Gasteiger partial charge >= 0.3 is 0 Å². The maximum Gasteiger partial charge on any atom is 0.203 e. The zero-order valence-corrected chi connectivity index (χ0v) is 16.5. The molecule has 1 aromatic heterocycles. The van der Waals surface area contributed by atoms with Gasteiger partial charge in [0, 0.05) is 12.6 Å². The van der Waals surface area contributed by atoms with Crippen molar-refractivity contribution in [2.24, 2.45) is 7.05 Å². The van der Waals surface area contributed by atoms with E-state index in [1.54, 1.807) is 55.2 Å². The molecule has 0 saturated carbocycles. The summed E-state index contributed by atoms with van der Waals surface area (Å²) < 4.78 is 12.8. The largest absolute Gasteiger partial charge is 0.496 e. The Labute approximate surface area is 169 Å². The van der Waals surface area contributed by atoms with Gasteiger partial charge in [-0.2, -0.15) is 10.4 Å². The molecule has 0 N–H and O–H groups in total. The fourth-order valence-corrected chi connectivity index (χ4v) is 2.90. The van der Waals surface area contributed by atoms with Crippen molar-refractivity contribution in [1.29, 1.82) is 5.26 Å². The highest BCUT2D eigenvalue weighted by atomic mass is 16.5. The van der Waals surface area contributed by atoms with Crippen LogP contribution in [0.25, 0.3) is 6.08 Å². The molecule has 0 aliphatic rings. The van der Waals surface area contributed by atoms with E-state index in [-0.39, 0.29) is 5.78 Å². The summed E-state index contributed by atoms with van der Waals surface area (Å²) in [6.45, 7) is 2.15. The molecule has 3 aromatic rings. The number of carbonyl (C=O) groups is 1. The lowest BCUT2D eigenvalue weighted by atomic mass is 10.1. The van der Waals surface area contributed by atoms with Crippen molar-refractivity contribution in [2.45, 2.75) is 13.5 Å². The molecular weight excluding hydrogens is 366 g/mol. The molecule has 146 valence electrons. The van der Waals surface area contributed by atoms with Crippen LogP contribution in [0.1, 0.15) is 32.9 Å². The molecule has 6 heteroatoms. The Bertz CT molecular complexity index is 1090. The van der Waals surface area contributed by atoms with Crippen molar-refractivity contribution < 1.29 is 14.3 Å². The lowest BCUT2D eigenvalue weighted by Crippen LogP contribution is -2.04. The average molecular weight is 387 g/mol. The topological polar surface area (TPSA) is 77.1 Å². The van der Waals surface area contributed by atoms with Crippen LogP contribution >= 0.6 is 0 Å². The van der Waals surface area contributed by atoms with Gasteiger partial charge in [0.2, 0.25) is 5.78 Å². The van der Waals surface area contributed by atoms with Gasteiger partial charge in [-0.1, -0.05) is 12.1 Å². The Morgan fingerprint density at radius 1 is 1.21 bits per heavy atom. The van der Waals surface area contributed by atoms with Crippen LogP contribution in [0.4, 0.5) is 0 Å². The number of nitriles is 1. The first kappa shape index (κ1) is 19.9. The molecule has 0 bridgehead atoms. The fraction of sp³-hybridized carbons (Fsp3) is 0.174. The van der Waals surface area contributed by atoms with E-state index in [0.29, 0.717) is 29.4 Å². The number of nitrogens with zero attached hydrogens (tertiary/aromatic N) is 3. The third kappa shape index (κ3) is 4.90. The van der Waals surface area contributed by atoms with Crippen molar-refractivity contribution in [3.05, 3.63) is 82.7 Å². The summed E-state index contributed by atoms with van der Waals surface area (Å²) in [5.41, 5.74) is 3.63. The molecule has 0 unspecified atom stereocenters. The molecule has 0 radical (unpaired) electrons. The molecule has 3 rings (SSSR count). The maximum absolute atomic E-state index is 12.4. The van der Waals surface area contributed by atoms with E-state index in [1.165, 1.54) is 6.08 Å². The van der Waals surface area contributed by atoms with Gasteiger partial charge in [-0.05, 0) is 61.0 Å². The van der Waals surface area contributed by atoms with Gasteiger partial charge in [-0.15, -0.1) is 0 Å². The molecule has 0 aliphatic carbocycles. The van der Waals surface area contributed by atoms with E-state index in [0.717, 1.165) is 16.8 Å². The number of methoxy groups -OCH3 is 1. The molecule has 0 saturated heterocycles. The maximum atomic E-state index is 12.4. The van der Waals surface area contributed by atoms with Gasteiger partial charge in [0.05, 0.1) is 24.4 Å². The van der Waals surface area contributed by atoms with Gasteiger partial charge in [-0.25, -0.2) is 0 Å². The number of ether oxygens (including phenoxy) is 2. The summed E-state index contributed by atoms with van der Waals surface area (Å²) in [5.74, 6) is 1.25. The first-order chi connectivity index (χ1) is 14.0. The standard InChI is InChI=1S/C23H21N3O3/c1-16-12-21(26(2)25-16)22(27)10-6-17-7-11-23(28-3)19(13-17)15-29-20-8-4-18(14-24)5-9-20/h4-13H,15H2,1-3H3/b10-6+. The number of hydrogen-bond acceptors (Lipinski definition) is 5. The van der Waals surface area contributed by atoms with Crippen molar-refractivity contribution in [3.63, 3.8) is 0 Å². The number of hydrogen-bond donors (Lipinski definition) is 0. The van der Waals surface area contributed by atoms with Crippen LogP contribution in [-0.2, 0) is 13.7 Å². The van der Waals surface area contributed by atoms with Crippen LogP contribution in [0.5, 0.6) is 11.5 Å². The molecule has 0 spiro atoms. The first-order valence-electron chi connectivity index (χ1n) is 9.03. The van der Waals surface area contributed by atoms with Crippen LogP contribution in [0.2, 0.25) is 0 Å². The smallest absolute Gasteiger partial charge is 0.203 e. The fourth-order valence-electron chi connectivity index (χ4n) is 2.90. The van der Waals surface area contributed by atoms with Crippen LogP contribution in [-0.4, -0.2) is 22.7 Å². The van der Waals surface area contributed by atoms with E-state index < -0.39 is 0 Å². The van der Waals surface area contributed by atoms with Crippen LogP contribution < -0.4 is 9.47 Å². The molecule has 0 amide bonds. The predicted molar refractivity (Wildman–Crippen MR) is 110 cm³/mol. The number of aromatic nitrogens is 2. The summed E-state index contributed by atoms with van der Waals surface area (Å²) in [4.78, 5) is 12.4. The molecule has 6 nitrogen and oxygen atoms in total. The van der Waals surface area contributed by atoms with Crippen molar-refractivity contribution >= 4 is 11.9 Å². The second kappa shape index (κ2) is 8.89. The second-order valence-electron chi connectivity index (χ2n) is 6.49. The lowest BCUT2D eigenvalue weighted by Gasteiger charge is -2.11. The summed E-state index contributed by atoms with van der Waals surface area (Å²) >= 11 is 0. The second-order valence-corrected chi connectivity index (χ2v) is 6.49. The Morgan fingerprint density at radius 2 is 1.97 bits per heavy atom. The van der Waals surface area contributed by atoms with Gasteiger partial charge < -0.3 is 9.47 Å². The molecular formula is C23H21N3O3. The van der Waals surface area contributed by atoms with Crippen molar-refractivity contribution in [2.75, 3.05) is 7.11 Å². The minimum absolute atomic E-state index is 0.112. The number of carbonyl (C=O) groups excluding carboxylic acids is 1. The number of allylic oxidation sites excluding steroid dienone is 1. The van der Waals surface area contributed by atoms with E-state index in [1.807, 2.05) is 25.1 Å². The average Bonchev–Trinajstić information content (AvgIpc) is 3.08. The number of ketones is 1. The Balaban J connectivity index is 1.74. The van der Waals surface area contributed by atoms with Gasteiger partial charge in [0.15, 0.2) is 0 Å². The zero-order valence-electron chi connectivity index (χ0n) is 16.5. The first-order valence-corrected chi connectivity index (χ1v) is 9.03. The molecule has 2 aromatic carbocycles. The van der Waals surface area contributed by atoms with Gasteiger partial charge in [0.25, 0.3) is 0 Å². The summed E-state index contributed by atoms with van der Waals surface area (Å²) in [7, 11) is 3.35. The predicted octanol–water partition coefficient (Wildman–Crippen LogP) is 4.08. The highest BCUT2D eigenvalue weighted by Gasteiger charge is 2.09. The lowest BCUT2D eigenvalue weighted by molar-refractivity contribution is 0.103. The normalized spacial score (nSPS) is 10.7. The molecule has 29 heavy (non-hydrogen) atoms. The molecule has 0 atom stereocenters. The Hall–Kier alpha value is -3.85. The summed E-state index contributed by atoms with van der Waals surface area (Å²) in [5, 5.41) is 13.1. The van der Waals surface area contributed by atoms with E-state index in [9.17, 15) is 4.79 Å². The Morgan fingerprint density at radius 3 is 2.59 bits per heavy atom. The number of aryl methyl sites for hydroxylation is 2. The van der Waals surface area contributed by atoms with E-state index in [2.05, 4.69) is 11.2 Å². The Kier molecular flexibility index (Phi) is 6.10. The minimum atomic E-state index is -0.112. The third-order valence-corrected chi connectivity index (χ3v) is 4.36. The van der Waals surface area contributed by atoms with Crippen LogP contribution in [0.15, 0.2) is 54.6 Å². The summed E-state index contributed by atoms with van der Waals surface area (Å²) in [6.07, 6.45) is 3.29. The SMILES string of the molecule is COc1ccc(/C=C/C(=O)c2cc(C)nn2C)cc1COc1ccc(C#N)cc1. The summed E-state index contributed by atoms with van der Waals surface area (Å²) in [6, 6.07) is 16.4. The van der Waals surface area contributed by atoms with Crippen molar-refractivity contribution in [1.82, 2.24) is 9.78 Å². The highest BCUT2D eigenvalue weighted by Crippen LogP contribution is 2.23. The molecule has 1 heterocycles. The van der Waals surface area contributed by atoms with Gasteiger partial charge in [-0.3, -0.25) is 9.48 Å². The zero-order chi connectivity index (χ0) is 20.8. The van der Waals surface area contributed by atoms with Crippen LogP contribution in [0, 0.1) is 18.3 Å². The number of benzene rings is 2. The number of rotatable bonds is 7. The minimum Gasteiger partial charge on any atom is -0.496 e. The van der Waals surface area contributed by atoms with Gasteiger partial charge in [0.1, 0.15) is 23.8 Å². The molecule has 0 fully saturated rings. The molecule has 0 aliphatic heterocycles. The van der Waals surface area contributed by atoms with Crippen molar-refractivity contribution in [3.8, 4) is 17.6 Å². The quantitative estimate of drug-likeness (QED) is 0.451. The van der Waals surface area contributed by atoms with E-state index >= 15 is 0 Å². The third-order valence-electron chi connectivity index (χ3n) is 4.36. The van der Waals surface area contributed by atoms with E-state index in [4.69, 9.17) is 14.7 Å². The highest BCUT2D eigenvalue weighted by molar-refractivity contribution is 6.05. The van der Waals surface area contributed by atoms with Crippen LogP contribution in [0.3, 0.4) is 0 Å². The monoisotopic (exact) mass is 387 g/mol.